The number of ether oxygens (including phenoxy) is 5. The number of hydrogen-bond donors (Lipinski definition) is 0. The van der Waals surface area contributed by atoms with Crippen molar-refractivity contribution in [3.8, 4) is 17.2 Å². The van der Waals surface area contributed by atoms with Crippen molar-refractivity contribution in [3.63, 3.8) is 0 Å². The Bertz CT molecular complexity index is 2180. The van der Waals surface area contributed by atoms with Crippen LogP contribution in [0.1, 0.15) is 43.5 Å². The predicted molar refractivity (Wildman–Crippen MR) is 198 cm³/mol. The third-order valence-electron chi connectivity index (χ3n) is 7.36. The minimum atomic E-state index is -0.916. The van der Waals surface area contributed by atoms with Gasteiger partial charge in [0.2, 0.25) is 0 Å². The summed E-state index contributed by atoms with van der Waals surface area (Å²) in [7, 11) is 1.26. The summed E-state index contributed by atoms with van der Waals surface area (Å²) in [6.45, 7) is 5.48. The molecule has 50 heavy (non-hydrogen) atoms. The molecule has 1 aliphatic rings. The van der Waals surface area contributed by atoms with E-state index in [2.05, 4.69) is 36.9 Å². The Labute approximate surface area is 318 Å². The molecule has 1 aliphatic heterocycles. The molecule has 0 N–H and O–H groups in total. The lowest BCUT2D eigenvalue weighted by Gasteiger charge is -2.25. The van der Waals surface area contributed by atoms with Gasteiger partial charge in [0.05, 0.1) is 56.7 Å². The quantitative estimate of drug-likeness (QED) is 0.138. The zero-order valence-electron chi connectivity index (χ0n) is 27.2. The number of esters is 2. The number of nitrogens with zero attached hydrogens (tertiary/aromatic N) is 2. The predicted octanol–water partition coefficient (Wildman–Crippen LogP) is 7.16. The molecular formula is C35H30Br2Cl2N2O8S. The Hall–Kier alpha value is -3.62. The number of halogens is 4. The number of fused-ring (bicyclic) bond motifs is 1. The first-order chi connectivity index (χ1) is 23.9. The maximum Gasteiger partial charge on any atom is 0.343 e. The van der Waals surface area contributed by atoms with E-state index in [9.17, 15) is 14.4 Å². The standard InChI is InChI=1S/C35H30Br2Cl2N2O8S/c1-5-46-27-13-20(8-10-26(27)48-17-29(42)45-4)31-30(34(44)47-6-2)18(3)40-35-41(31)33(43)28(50-35)14-21-12-22(36)15-23(37)32(21)49-16-19-7-9-24(38)25(39)11-19/h7-15,31H,5-6,16-17H2,1-4H3/b28-14+/t31-/m0/s1. The molecule has 0 unspecified atom stereocenters. The summed E-state index contributed by atoms with van der Waals surface area (Å²) in [6, 6.07) is 13.0. The Morgan fingerprint density at radius 1 is 0.980 bits per heavy atom. The first-order valence-electron chi connectivity index (χ1n) is 15.2. The second kappa shape index (κ2) is 16.6. The molecule has 10 nitrogen and oxygen atoms in total. The summed E-state index contributed by atoms with van der Waals surface area (Å²) < 4.78 is 31.1. The molecule has 1 aromatic heterocycles. The number of allylic oxidation sites excluding steroid dienone is 1. The highest BCUT2D eigenvalue weighted by Crippen LogP contribution is 2.37. The van der Waals surface area contributed by atoms with Crippen LogP contribution in [0.3, 0.4) is 0 Å². The minimum absolute atomic E-state index is 0.125. The monoisotopic (exact) mass is 866 g/mol. The molecule has 0 fully saturated rings. The van der Waals surface area contributed by atoms with E-state index < -0.39 is 18.0 Å². The van der Waals surface area contributed by atoms with E-state index in [-0.39, 0.29) is 37.6 Å². The van der Waals surface area contributed by atoms with Crippen molar-refractivity contribution in [3.05, 3.63) is 115 Å². The molecule has 0 saturated carbocycles. The van der Waals surface area contributed by atoms with E-state index in [0.717, 1.165) is 10.0 Å². The van der Waals surface area contributed by atoms with Crippen molar-refractivity contribution in [2.45, 2.75) is 33.4 Å². The topological polar surface area (TPSA) is 115 Å². The molecule has 2 heterocycles. The van der Waals surface area contributed by atoms with Crippen LogP contribution in [0.25, 0.3) is 6.08 Å². The lowest BCUT2D eigenvalue weighted by molar-refractivity contribution is -0.143. The molecule has 0 spiro atoms. The summed E-state index contributed by atoms with van der Waals surface area (Å²) in [5.41, 5.74) is 2.17. The van der Waals surface area contributed by atoms with Crippen LogP contribution in [0.15, 0.2) is 78.5 Å². The summed E-state index contributed by atoms with van der Waals surface area (Å²) >= 11 is 20.6. The van der Waals surface area contributed by atoms with Crippen LogP contribution in [-0.4, -0.2) is 43.4 Å². The van der Waals surface area contributed by atoms with Gasteiger partial charge in [0.15, 0.2) is 22.9 Å². The molecule has 0 aliphatic carbocycles. The van der Waals surface area contributed by atoms with Crippen molar-refractivity contribution < 1.29 is 33.3 Å². The Kier molecular flexibility index (Phi) is 12.5. The average Bonchev–Trinajstić information content (AvgIpc) is 3.38. The van der Waals surface area contributed by atoms with Gasteiger partial charge in [-0.3, -0.25) is 9.36 Å². The van der Waals surface area contributed by atoms with Crippen molar-refractivity contribution in [2.75, 3.05) is 26.9 Å². The Morgan fingerprint density at radius 2 is 1.76 bits per heavy atom. The summed E-state index contributed by atoms with van der Waals surface area (Å²) in [5.74, 6) is -0.0656. The molecule has 0 amide bonds. The second-order valence-corrected chi connectivity index (χ2v) is 14.2. The van der Waals surface area contributed by atoms with Crippen molar-refractivity contribution in [1.82, 2.24) is 4.57 Å². The van der Waals surface area contributed by atoms with Crippen molar-refractivity contribution >= 4 is 84.4 Å². The van der Waals surface area contributed by atoms with Gasteiger partial charge in [-0.1, -0.05) is 62.6 Å². The number of aromatic nitrogens is 1. The van der Waals surface area contributed by atoms with E-state index in [0.29, 0.717) is 57.9 Å². The fourth-order valence-corrected chi connectivity index (χ4v) is 7.88. The highest BCUT2D eigenvalue weighted by molar-refractivity contribution is 9.11. The molecule has 4 aromatic rings. The van der Waals surface area contributed by atoms with E-state index in [1.54, 1.807) is 57.2 Å². The van der Waals surface area contributed by atoms with Gasteiger partial charge in [-0.15, -0.1) is 0 Å². The lowest BCUT2D eigenvalue weighted by atomic mass is 9.95. The molecule has 5 rings (SSSR count). The molecule has 15 heteroatoms. The first kappa shape index (κ1) is 37.6. The van der Waals surface area contributed by atoms with E-state index >= 15 is 0 Å². The number of carbonyl (C=O) groups is 2. The first-order valence-corrected chi connectivity index (χ1v) is 18.3. The van der Waals surface area contributed by atoms with Gasteiger partial charge in [-0.25, -0.2) is 14.6 Å². The molecule has 0 bridgehead atoms. The number of thiazole rings is 1. The highest BCUT2D eigenvalue weighted by Gasteiger charge is 2.34. The van der Waals surface area contributed by atoms with Crippen molar-refractivity contribution in [2.24, 2.45) is 4.99 Å². The maximum absolute atomic E-state index is 14.4. The number of benzene rings is 3. The fraction of sp³-hybridized carbons (Fsp3) is 0.257. The normalized spacial score (nSPS) is 14.2. The molecular weight excluding hydrogens is 839 g/mol. The third-order valence-corrected chi connectivity index (χ3v) is 10.1. The van der Waals surface area contributed by atoms with Crippen LogP contribution in [0.4, 0.5) is 0 Å². The van der Waals surface area contributed by atoms with Crippen LogP contribution in [0, 0.1) is 0 Å². The summed E-state index contributed by atoms with van der Waals surface area (Å²) in [4.78, 5) is 44.6. The lowest BCUT2D eigenvalue weighted by Crippen LogP contribution is -2.40. The van der Waals surface area contributed by atoms with Gasteiger partial charge < -0.3 is 23.7 Å². The largest absolute Gasteiger partial charge is 0.490 e. The fourth-order valence-electron chi connectivity index (χ4n) is 5.15. The van der Waals surface area contributed by atoms with Crippen LogP contribution >= 0.6 is 66.4 Å². The number of methoxy groups -OCH3 is 1. The Morgan fingerprint density at radius 3 is 2.46 bits per heavy atom. The van der Waals surface area contributed by atoms with Gasteiger partial charge in [-0.2, -0.15) is 0 Å². The van der Waals surface area contributed by atoms with Crippen LogP contribution in [0.5, 0.6) is 17.2 Å². The number of hydrogen-bond acceptors (Lipinski definition) is 10. The minimum Gasteiger partial charge on any atom is -0.490 e. The third kappa shape index (κ3) is 8.29. The summed E-state index contributed by atoms with van der Waals surface area (Å²) in [5, 5.41) is 0.848. The molecule has 1 atom stereocenters. The van der Waals surface area contributed by atoms with Crippen molar-refractivity contribution in [1.29, 1.82) is 0 Å². The van der Waals surface area contributed by atoms with Gasteiger partial charge in [0.1, 0.15) is 12.4 Å². The van der Waals surface area contributed by atoms with E-state index in [1.165, 1.54) is 23.0 Å². The van der Waals surface area contributed by atoms with Gasteiger partial charge in [-0.05, 0) is 90.3 Å². The van der Waals surface area contributed by atoms with Crippen LogP contribution in [0.2, 0.25) is 10.0 Å². The zero-order chi connectivity index (χ0) is 36.1. The number of carbonyl (C=O) groups excluding carboxylic acids is 2. The van der Waals surface area contributed by atoms with E-state index in [4.69, 9.17) is 46.9 Å². The van der Waals surface area contributed by atoms with Crippen LogP contribution in [-0.2, 0) is 25.7 Å². The molecule has 3 aromatic carbocycles. The molecule has 0 saturated heterocycles. The van der Waals surface area contributed by atoms with E-state index in [1.807, 2.05) is 18.2 Å². The average molecular weight is 869 g/mol. The second-order valence-electron chi connectivity index (χ2n) is 10.6. The highest BCUT2D eigenvalue weighted by atomic mass is 79.9. The summed E-state index contributed by atoms with van der Waals surface area (Å²) in [6.07, 6.45) is 1.72. The zero-order valence-corrected chi connectivity index (χ0v) is 32.7. The maximum atomic E-state index is 14.4. The Balaban J connectivity index is 1.64. The molecule has 0 radical (unpaired) electrons. The molecule has 262 valence electrons. The van der Waals surface area contributed by atoms with Crippen LogP contribution < -0.4 is 29.1 Å². The smallest absolute Gasteiger partial charge is 0.343 e. The number of rotatable bonds is 12. The van der Waals surface area contributed by atoms with Gasteiger partial charge in [0, 0.05) is 10.0 Å². The SMILES string of the molecule is CCOC(=O)C1=C(C)N=c2s/c(=C/c3cc(Br)cc(Br)c3OCc3ccc(Cl)c(Cl)c3)c(=O)n2[C@H]1c1ccc(OCC(=O)OC)c(OCC)c1. The van der Waals surface area contributed by atoms with Gasteiger partial charge in [0.25, 0.3) is 5.56 Å². The van der Waals surface area contributed by atoms with Gasteiger partial charge >= 0.3 is 11.9 Å².